The molecule has 1 aromatic heterocycles. The number of hydrogen-bond acceptors (Lipinski definition) is 3. The molecule has 1 aliphatic heterocycles. The van der Waals surface area contributed by atoms with E-state index in [1.165, 1.54) is 10.9 Å². The molecule has 6 heteroatoms. The minimum Gasteiger partial charge on any atom is -0.347 e. The summed E-state index contributed by atoms with van der Waals surface area (Å²) in [6.07, 6.45) is 8.04. The molecule has 0 spiro atoms. The third kappa shape index (κ3) is 4.14. The van der Waals surface area contributed by atoms with Crippen LogP contribution in [0, 0.1) is 0 Å². The second kappa shape index (κ2) is 8.51. The summed E-state index contributed by atoms with van der Waals surface area (Å²) in [6, 6.07) is 15.2. The molecule has 1 aliphatic rings. The molecule has 2 heterocycles. The Morgan fingerprint density at radius 1 is 0.966 bits per heavy atom. The van der Waals surface area contributed by atoms with E-state index in [0.29, 0.717) is 18.0 Å². The number of para-hydroxylation sites is 1. The van der Waals surface area contributed by atoms with Gasteiger partial charge in [-0.15, -0.1) is 0 Å². The topological polar surface area (TPSA) is 54.7 Å². The Hall–Kier alpha value is -2.44. The number of aromatic nitrogens is 1. The number of fused-ring (bicyclic) bond motifs is 1. The summed E-state index contributed by atoms with van der Waals surface area (Å²) in [5.41, 5.74) is 2.99. The maximum atomic E-state index is 12.9. The lowest BCUT2D eigenvalue weighted by atomic mass is 10.2. The summed E-state index contributed by atoms with van der Waals surface area (Å²) in [7, 11) is -3.42. The van der Waals surface area contributed by atoms with Crippen molar-refractivity contribution in [2.24, 2.45) is 4.99 Å². The van der Waals surface area contributed by atoms with Crippen molar-refractivity contribution >= 4 is 32.8 Å². The summed E-state index contributed by atoms with van der Waals surface area (Å²) < 4.78 is 29.6. The lowest BCUT2D eigenvalue weighted by molar-refractivity contribution is 0.424. The van der Waals surface area contributed by atoms with E-state index >= 15 is 0 Å². The molecule has 0 saturated carbocycles. The highest BCUT2D eigenvalue weighted by molar-refractivity contribution is 7.89. The normalized spacial score (nSPS) is 16.4. The standard InChI is InChI=1S/C23H27N3O2S/c1-2-25-18-19(22-9-5-6-10-23(22)25)17-24-20-11-13-21(14-12-20)29(27,28)26-15-7-3-4-8-16-26/h5-6,9-14,17-18H,2-4,7-8,15-16H2,1H3. The monoisotopic (exact) mass is 409 g/mol. The number of sulfonamides is 1. The fourth-order valence-electron chi connectivity index (χ4n) is 3.92. The zero-order valence-electron chi connectivity index (χ0n) is 16.8. The van der Waals surface area contributed by atoms with Gasteiger partial charge in [-0.2, -0.15) is 4.31 Å². The Morgan fingerprint density at radius 2 is 1.66 bits per heavy atom. The number of nitrogens with zero attached hydrogens (tertiary/aromatic N) is 3. The first kappa shape index (κ1) is 19.9. The van der Waals surface area contributed by atoms with E-state index in [9.17, 15) is 8.42 Å². The van der Waals surface area contributed by atoms with Gasteiger partial charge in [-0.1, -0.05) is 31.0 Å². The molecule has 0 unspecified atom stereocenters. The van der Waals surface area contributed by atoms with Gasteiger partial charge in [0, 0.05) is 48.5 Å². The quantitative estimate of drug-likeness (QED) is 0.558. The van der Waals surface area contributed by atoms with Crippen LogP contribution in [0.5, 0.6) is 0 Å². The molecule has 0 bridgehead atoms. The number of hydrogen-bond donors (Lipinski definition) is 0. The fourth-order valence-corrected chi connectivity index (χ4v) is 5.44. The van der Waals surface area contributed by atoms with Gasteiger partial charge in [-0.3, -0.25) is 4.99 Å². The molecule has 0 aliphatic carbocycles. The van der Waals surface area contributed by atoms with Gasteiger partial charge >= 0.3 is 0 Å². The van der Waals surface area contributed by atoms with Crippen LogP contribution in [0.2, 0.25) is 0 Å². The maximum Gasteiger partial charge on any atom is 0.243 e. The molecule has 2 aromatic carbocycles. The Kier molecular flexibility index (Phi) is 5.83. The van der Waals surface area contributed by atoms with Crippen LogP contribution in [0.3, 0.4) is 0 Å². The second-order valence-corrected chi connectivity index (χ2v) is 9.40. The molecular formula is C23H27N3O2S. The van der Waals surface area contributed by atoms with Crippen molar-refractivity contribution < 1.29 is 8.42 Å². The molecular weight excluding hydrogens is 382 g/mol. The van der Waals surface area contributed by atoms with Gasteiger partial charge < -0.3 is 4.57 Å². The largest absolute Gasteiger partial charge is 0.347 e. The van der Waals surface area contributed by atoms with Crippen molar-refractivity contribution in [2.45, 2.75) is 44.0 Å². The second-order valence-electron chi connectivity index (χ2n) is 7.46. The molecule has 4 rings (SSSR count). The zero-order chi connectivity index (χ0) is 20.3. The SMILES string of the molecule is CCn1cc(C=Nc2ccc(S(=O)(=O)N3CCCCCC3)cc2)c2ccccc21. The van der Waals surface area contributed by atoms with Crippen LogP contribution < -0.4 is 0 Å². The molecule has 1 fully saturated rings. The molecule has 0 atom stereocenters. The van der Waals surface area contributed by atoms with Crippen LogP contribution in [0.15, 0.2) is 64.6 Å². The average molecular weight is 410 g/mol. The van der Waals surface area contributed by atoms with Crippen molar-refractivity contribution in [3.63, 3.8) is 0 Å². The van der Waals surface area contributed by atoms with E-state index in [4.69, 9.17) is 0 Å². The lowest BCUT2D eigenvalue weighted by Gasteiger charge is -2.19. The molecule has 152 valence electrons. The summed E-state index contributed by atoms with van der Waals surface area (Å²) in [6.45, 7) is 4.25. The van der Waals surface area contributed by atoms with E-state index < -0.39 is 10.0 Å². The van der Waals surface area contributed by atoms with Crippen LogP contribution in [-0.2, 0) is 16.6 Å². The summed E-state index contributed by atoms with van der Waals surface area (Å²) in [4.78, 5) is 4.93. The fraction of sp³-hybridized carbons (Fsp3) is 0.348. The van der Waals surface area contributed by atoms with Crippen LogP contribution in [0.1, 0.15) is 38.2 Å². The first-order valence-corrected chi connectivity index (χ1v) is 11.8. The minimum atomic E-state index is -3.42. The van der Waals surface area contributed by atoms with Gasteiger partial charge in [0.05, 0.1) is 10.6 Å². The van der Waals surface area contributed by atoms with E-state index in [1.807, 2.05) is 18.3 Å². The van der Waals surface area contributed by atoms with Crippen molar-refractivity contribution in [2.75, 3.05) is 13.1 Å². The third-order valence-electron chi connectivity index (χ3n) is 5.55. The predicted molar refractivity (Wildman–Crippen MR) is 119 cm³/mol. The van der Waals surface area contributed by atoms with Gasteiger partial charge in [-0.25, -0.2) is 8.42 Å². The molecule has 1 saturated heterocycles. The van der Waals surface area contributed by atoms with Gasteiger partial charge in [-0.05, 0) is 50.1 Å². The summed E-state index contributed by atoms with van der Waals surface area (Å²) >= 11 is 0. The maximum absolute atomic E-state index is 12.9. The van der Waals surface area contributed by atoms with Crippen molar-refractivity contribution in [3.8, 4) is 0 Å². The lowest BCUT2D eigenvalue weighted by Crippen LogP contribution is -2.31. The highest BCUT2D eigenvalue weighted by Crippen LogP contribution is 2.24. The van der Waals surface area contributed by atoms with Crippen molar-refractivity contribution in [1.29, 1.82) is 0 Å². The van der Waals surface area contributed by atoms with Gasteiger partial charge in [0.25, 0.3) is 0 Å². The zero-order valence-corrected chi connectivity index (χ0v) is 17.6. The van der Waals surface area contributed by atoms with E-state index in [1.54, 1.807) is 28.6 Å². The minimum absolute atomic E-state index is 0.348. The summed E-state index contributed by atoms with van der Waals surface area (Å²) in [5.74, 6) is 0. The van der Waals surface area contributed by atoms with Gasteiger partial charge in [0.2, 0.25) is 10.0 Å². The third-order valence-corrected chi connectivity index (χ3v) is 7.47. The molecule has 29 heavy (non-hydrogen) atoms. The van der Waals surface area contributed by atoms with Crippen LogP contribution in [-0.4, -0.2) is 36.6 Å². The van der Waals surface area contributed by atoms with E-state index in [-0.39, 0.29) is 0 Å². The Morgan fingerprint density at radius 3 is 2.34 bits per heavy atom. The molecule has 0 amide bonds. The highest BCUT2D eigenvalue weighted by atomic mass is 32.2. The number of aryl methyl sites for hydroxylation is 1. The summed E-state index contributed by atoms with van der Waals surface area (Å²) in [5, 5.41) is 1.17. The number of rotatable bonds is 5. The average Bonchev–Trinajstić information content (AvgIpc) is 2.91. The predicted octanol–water partition coefficient (Wildman–Crippen LogP) is 4.98. The number of aliphatic imine (C=N–C) groups is 1. The smallest absolute Gasteiger partial charge is 0.243 e. The first-order valence-electron chi connectivity index (χ1n) is 10.3. The Labute approximate surface area is 172 Å². The highest BCUT2D eigenvalue weighted by Gasteiger charge is 2.24. The van der Waals surface area contributed by atoms with E-state index in [2.05, 4.69) is 34.8 Å². The van der Waals surface area contributed by atoms with Crippen molar-refractivity contribution in [1.82, 2.24) is 8.87 Å². The van der Waals surface area contributed by atoms with Crippen LogP contribution in [0.25, 0.3) is 10.9 Å². The van der Waals surface area contributed by atoms with E-state index in [0.717, 1.165) is 43.5 Å². The molecule has 5 nitrogen and oxygen atoms in total. The van der Waals surface area contributed by atoms with Crippen molar-refractivity contribution in [3.05, 3.63) is 60.3 Å². The molecule has 0 N–H and O–H groups in total. The molecule has 3 aromatic rings. The molecule has 0 radical (unpaired) electrons. The van der Waals surface area contributed by atoms with Crippen LogP contribution in [0.4, 0.5) is 5.69 Å². The van der Waals surface area contributed by atoms with Gasteiger partial charge in [0.15, 0.2) is 0 Å². The van der Waals surface area contributed by atoms with Gasteiger partial charge in [0.1, 0.15) is 0 Å². The number of benzene rings is 2. The Bertz CT molecular complexity index is 1110. The Balaban J connectivity index is 1.56. The first-order chi connectivity index (χ1) is 14.1. The van der Waals surface area contributed by atoms with Crippen LogP contribution >= 0.6 is 0 Å².